The Kier molecular flexibility index (Phi) is 4.75. The first-order valence-corrected chi connectivity index (χ1v) is 7.02. The first-order valence-electron chi connectivity index (χ1n) is 7.02. The molecule has 5 nitrogen and oxygen atoms in total. The van der Waals surface area contributed by atoms with Gasteiger partial charge in [-0.3, -0.25) is 9.58 Å². The minimum Gasteiger partial charge on any atom is -0.478 e. The highest BCUT2D eigenvalue weighted by Crippen LogP contribution is 2.11. The third-order valence-electron chi connectivity index (χ3n) is 3.47. The van der Waals surface area contributed by atoms with Gasteiger partial charge in [-0.05, 0) is 37.2 Å². The smallest absolute Gasteiger partial charge is 0.335 e. The Labute approximate surface area is 124 Å². The molecule has 0 aliphatic carbocycles. The quantitative estimate of drug-likeness (QED) is 0.885. The second kappa shape index (κ2) is 6.54. The predicted molar refractivity (Wildman–Crippen MR) is 81.2 cm³/mol. The highest BCUT2D eigenvalue weighted by molar-refractivity contribution is 5.87. The molecule has 1 N–H and O–H groups in total. The summed E-state index contributed by atoms with van der Waals surface area (Å²) < 4.78 is 1.92. The monoisotopic (exact) mass is 287 g/mol. The molecule has 0 saturated carbocycles. The number of carboxylic acid groups (broad SMARTS) is 1. The first kappa shape index (κ1) is 15.3. The fourth-order valence-electron chi connectivity index (χ4n) is 2.29. The van der Waals surface area contributed by atoms with E-state index in [0.717, 1.165) is 30.8 Å². The van der Waals surface area contributed by atoms with Crippen LogP contribution in [0.4, 0.5) is 0 Å². The van der Waals surface area contributed by atoms with Crippen molar-refractivity contribution in [1.82, 2.24) is 14.7 Å². The van der Waals surface area contributed by atoms with Gasteiger partial charge in [0.2, 0.25) is 0 Å². The molecule has 0 aliphatic rings. The standard InChI is InChI=1S/C16H21N3O2/c1-4-14-9-15(19(3)17-14)11-18(2)10-12-5-7-13(8-6-12)16(20)21/h5-9H,4,10-11H2,1-3H3,(H,20,21). The summed E-state index contributed by atoms with van der Waals surface area (Å²) in [5.41, 5.74) is 3.70. The highest BCUT2D eigenvalue weighted by Gasteiger charge is 2.08. The number of hydrogen-bond acceptors (Lipinski definition) is 3. The van der Waals surface area contributed by atoms with Crippen molar-refractivity contribution < 1.29 is 9.90 Å². The van der Waals surface area contributed by atoms with Crippen molar-refractivity contribution in [3.05, 3.63) is 52.8 Å². The third kappa shape index (κ3) is 3.92. The predicted octanol–water partition coefficient (Wildman–Crippen LogP) is 2.31. The van der Waals surface area contributed by atoms with Gasteiger partial charge in [-0.2, -0.15) is 5.10 Å². The molecule has 112 valence electrons. The van der Waals surface area contributed by atoms with E-state index in [1.54, 1.807) is 12.1 Å². The molecule has 1 aromatic heterocycles. The molecule has 0 aliphatic heterocycles. The maximum atomic E-state index is 10.8. The van der Waals surface area contributed by atoms with Crippen LogP contribution < -0.4 is 0 Å². The molecule has 0 saturated heterocycles. The van der Waals surface area contributed by atoms with E-state index in [1.807, 2.05) is 30.9 Å². The van der Waals surface area contributed by atoms with Crippen molar-refractivity contribution in [2.45, 2.75) is 26.4 Å². The Hall–Kier alpha value is -2.14. The van der Waals surface area contributed by atoms with Crippen LogP contribution in [0.2, 0.25) is 0 Å². The molecule has 5 heteroatoms. The van der Waals surface area contributed by atoms with Crippen molar-refractivity contribution >= 4 is 5.97 Å². The molecule has 1 aromatic carbocycles. The minimum atomic E-state index is -0.892. The number of aromatic nitrogens is 2. The Morgan fingerprint density at radius 2 is 1.95 bits per heavy atom. The zero-order chi connectivity index (χ0) is 15.4. The summed E-state index contributed by atoms with van der Waals surface area (Å²) in [7, 11) is 4.01. The van der Waals surface area contributed by atoms with Gasteiger partial charge in [0.1, 0.15) is 0 Å². The van der Waals surface area contributed by atoms with Crippen LogP contribution in [0.5, 0.6) is 0 Å². The van der Waals surface area contributed by atoms with Crippen molar-refractivity contribution in [1.29, 1.82) is 0 Å². The van der Waals surface area contributed by atoms with Gasteiger partial charge in [-0.15, -0.1) is 0 Å². The summed E-state index contributed by atoms with van der Waals surface area (Å²) >= 11 is 0. The van der Waals surface area contributed by atoms with Crippen LogP contribution >= 0.6 is 0 Å². The molecule has 0 atom stereocenters. The maximum Gasteiger partial charge on any atom is 0.335 e. The van der Waals surface area contributed by atoms with Crippen molar-refractivity contribution in [3.8, 4) is 0 Å². The van der Waals surface area contributed by atoms with Gasteiger partial charge in [0.05, 0.1) is 17.0 Å². The molecule has 2 aromatic rings. The molecule has 0 bridgehead atoms. The lowest BCUT2D eigenvalue weighted by Gasteiger charge is -2.16. The molecule has 21 heavy (non-hydrogen) atoms. The van der Waals surface area contributed by atoms with E-state index >= 15 is 0 Å². The van der Waals surface area contributed by atoms with E-state index in [9.17, 15) is 4.79 Å². The van der Waals surface area contributed by atoms with Gasteiger partial charge in [-0.1, -0.05) is 19.1 Å². The van der Waals surface area contributed by atoms with Gasteiger partial charge >= 0.3 is 5.97 Å². The second-order valence-corrected chi connectivity index (χ2v) is 5.28. The van der Waals surface area contributed by atoms with Gasteiger partial charge in [0.25, 0.3) is 0 Å². The number of hydrogen-bond donors (Lipinski definition) is 1. The van der Waals surface area contributed by atoms with Crippen LogP contribution in [-0.2, 0) is 26.6 Å². The van der Waals surface area contributed by atoms with E-state index in [4.69, 9.17) is 5.11 Å². The van der Waals surface area contributed by atoms with Crippen LogP contribution in [-0.4, -0.2) is 32.8 Å². The summed E-state index contributed by atoms with van der Waals surface area (Å²) in [5.74, 6) is -0.892. The van der Waals surface area contributed by atoms with Crippen LogP contribution in [0.1, 0.15) is 34.2 Å². The van der Waals surface area contributed by atoms with Gasteiger partial charge in [0, 0.05) is 20.1 Å². The van der Waals surface area contributed by atoms with Gasteiger partial charge < -0.3 is 5.11 Å². The first-order chi connectivity index (χ1) is 9.99. The van der Waals surface area contributed by atoms with Crippen molar-refractivity contribution in [2.24, 2.45) is 7.05 Å². The number of nitrogens with zero attached hydrogens (tertiary/aromatic N) is 3. The molecule has 1 heterocycles. The topological polar surface area (TPSA) is 58.4 Å². The second-order valence-electron chi connectivity index (χ2n) is 5.28. The summed E-state index contributed by atoms with van der Waals surface area (Å²) in [6.45, 7) is 3.68. The van der Waals surface area contributed by atoms with Crippen LogP contribution in [0.15, 0.2) is 30.3 Å². The fraction of sp³-hybridized carbons (Fsp3) is 0.375. The Bertz CT molecular complexity index is 617. The summed E-state index contributed by atoms with van der Waals surface area (Å²) in [4.78, 5) is 13.0. The van der Waals surface area contributed by atoms with Gasteiger partial charge in [0.15, 0.2) is 0 Å². The number of carbonyl (C=O) groups is 1. The van der Waals surface area contributed by atoms with Gasteiger partial charge in [-0.25, -0.2) is 4.79 Å². The average molecular weight is 287 g/mol. The van der Waals surface area contributed by atoms with Crippen LogP contribution in [0.3, 0.4) is 0 Å². The van der Waals surface area contributed by atoms with Crippen LogP contribution in [0.25, 0.3) is 0 Å². The normalized spacial score (nSPS) is 11.0. The van der Waals surface area contributed by atoms with E-state index in [2.05, 4.69) is 23.0 Å². The summed E-state index contributed by atoms with van der Waals surface area (Å²) in [6.07, 6.45) is 0.939. The zero-order valence-corrected chi connectivity index (χ0v) is 12.7. The number of benzene rings is 1. The third-order valence-corrected chi connectivity index (χ3v) is 3.47. The lowest BCUT2D eigenvalue weighted by molar-refractivity contribution is 0.0697. The Morgan fingerprint density at radius 1 is 1.29 bits per heavy atom. The SMILES string of the molecule is CCc1cc(CN(C)Cc2ccc(C(=O)O)cc2)n(C)n1. The molecular formula is C16H21N3O2. The molecule has 0 spiro atoms. The van der Waals surface area contributed by atoms with E-state index in [-0.39, 0.29) is 0 Å². The van der Waals surface area contributed by atoms with Crippen molar-refractivity contribution in [2.75, 3.05) is 7.05 Å². The molecule has 0 amide bonds. The number of aromatic carboxylic acids is 1. The lowest BCUT2D eigenvalue weighted by atomic mass is 10.1. The van der Waals surface area contributed by atoms with Crippen molar-refractivity contribution in [3.63, 3.8) is 0 Å². The average Bonchev–Trinajstić information content (AvgIpc) is 2.80. The fourth-order valence-corrected chi connectivity index (χ4v) is 2.29. The molecule has 0 fully saturated rings. The minimum absolute atomic E-state index is 0.320. The highest BCUT2D eigenvalue weighted by atomic mass is 16.4. The number of aryl methyl sites for hydroxylation is 2. The molecule has 0 unspecified atom stereocenters. The Balaban J connectivity index is 1.99. The van der Waals surface area contributed by atoms with Crippen LogP contribution in [0, 0.1) is 0 Å². The molecule has 2 rings (SSSR count). The Morgan fingerprint density at radius 3 is 2.48 bits per heavy atom. The van der Waals surface area contributed by atoms with E-state index < -0.39 is 5.97 Å². The van der Waals surface area contributed by atoms with E-state index in [1.165, 1.54) is 5.69 Å². The number of carboxylic acids is 1. The summed E-state index contributed by atoms with van der Waals surface area (Å²) in [6, 6.07) is 9.14. The largest absolute Gasteiger partial charge is 0.478 e. The lowest BCUT2D eigenvalue weighted by Crippen LogP contribution is -2.19. The van der Waals surface area contributed by atoms with E-state index in [0.29, 0.717) is 5.56 Å². The molecular weight excluding hydrogens is 266 g/mol. The number of rotatable bonds is 6. The summed E-state index contributed by atoms with van der Waals surface area (Å²) in [5, 5.41) is 13.3. The zero-order valence-electron chi connectivity index (χ0n) is 12.7. The maximum absolute atomic E-state index is 10.8. The molecule has 0 radical (unpaired) electrons.